The molecule has 0 saturated heterocycles. The molecule has 0 aliphatic rings. The van der Waals surface area contributed by atoms with E-state index in [0.717, 1.165) is 11.3 Å². The Bertz CT molecular complexity index is 832. The molecule has 0 fully saturated rings. The fourth-order valence-corrected chi connectivity index (χ4v) is 2.21. The van der Waals surface area contributed by atoms with Crippen LogP contribution in [-0.2, 0) is 0 Å². The molecule has 0 N–H and O–H groups in total. The SMILES string of the molecule is Cc1cc(-c2cccc([N+](=O)[O-])c2)nc(-c2ccccc2)n1. The number of nitro benzene ring substituents is 1. The topological polar surface area (TPSA) is 68.9 Å². The maximum Gasteiger partial charge on any atom is 0.270 e. The molecule has 2 aromatic carbocycles. The van der Waals surface area contributed by atoms with Crippen LogP contribution in [0.15, 0.2) is 60.7 Å². The molecule has 0 aliphatic carbocycles. The minimum absolute atomic E-state index is 0.0510. The summed E-state index contributed by atoms with van der Waals surface area (Å²) in [5.41, 5.74) is 3.16. The van der Waals surface area contributed by atoms with Gasteiger partial charge in [0, 0.05) is 29.0 Å². The van der Waals surface area contributed by atoms with Crippen LogP contribution in [-0.4, -0.2) is 14.9 Å². The highest BCUT2D eigenvalue weighted by Crippen LogP contribution is 2.25. The Morgan fingerprint density at radius 3 is 2.36 bits per heavy atom. The number of hydrogen-bond acceptors (Lipinski definition) is 4. The van der Waals surface area contributed by atoms with Gasteiger partial charge in [0.25, 0.3) is 5.69 Å². The van der Waals surface area contributed by atoms with E-state index in [0.29, 0.717) is 17.1 Å². The van der Waals surface area contributed by atoms with Crippen molar-refractivity contribution in [3.8, 4) is 22.6 Å². The molecule has 0 aliphatic heterocycles. The second kappa shape index (κ2) is 5.73. The maximum absolute atomic E-state index is 10.9. The zero-order valence-corrected chi connectivity index (χ0v) is 11.9. The summed E-state index contributed by atoms with van der Waals surface area (Å²) in [5.74, 6) is 0.613. The molecule has 0 spiro atoms. The van der Waals surface area contributed by atoms with Gasteiger partial charge in [0.1, 0.15) is 0 Å². The van der Waals surface area contributed by atoms with E-state index in [1.165, 1.54) is 12.1 Å². The molecule has 0 amide bonds. The van der Waals surface area contributed by atoms with Gasteiger partial charge in [0.2, 0.25) is 0 Å². The van der Waals surface area contributed by atoms with Crippen LogP contribution in [0.1, 0.15) is 5.69 Å². The first kappa shape index (κ1) is 13.9. The molecule has 0 atom stereocenters. The van der Waals surface area contributed by atoms with Gasteiger partial charge in [-0.25, -0.2) is 9.97 Å². The minimum atomic E-state index is -0.407. The van der Waals surface area contributed by atoms with Gasteiger partial charge < -0.3 is 0 Å². The number of aromatic nitrogens is 2. The number of benzene rings is 2. The van der Waals surface area contributed by atoms with Crippen molar-refractivity contribution in [1.29, 1.82) is 0 Å². The highest BCUT2D eigenvalue weighted by Gasteiger charge is 2.10. The van der Waals surface area contributed by atoms with Crippen LogP contribution in [0, 0.1) is 17.0 Å². The minimum Gasteiger partial charge on any atom is -0.258 e. The number of nitro groups is 1. The van der Waals surface area contributed by atoms with Crippen molar-refractivity contribution in [1.82, 2.24) is 9.97 Å². The molecule has 108 valence electrons. The normalized spacial score (nSPS) is 10.4. The number of rotatable bonds is 3. The van der Waals surface area contributed by atoms with Crippen molar-refractivity contribution < 1.29 is 4.92 Å². The Morgan fingerprint density at radius 1 is 0.909 bits per heavy atom. The second-order valence-electron chi connectivity index (χ2n) is 4.89. The van der Waals surface area contributed by atoms with E-state index in [4.69, 9.17) is 0 Å². The molecule has 3 rings (SSSR count). The molecule has 3 aromatic rings. The number of nitrogens with zero attached hydrogens (tertiary/aromatic N) is 3. The molecular formula is C17H13N3O2. The van der Waals surface area contributed by atoms with E-state index in [-0.39, 0.29) is 5.69 Å². The summed E-state index contributed by atoms with van der Waals surface area (Å²) in [7, 11) is 0. The predicted molar refractivity (Wildman–Crippen MR) is 84.3 cm³/mol. The van der Waals surface area contributed by atoms with E-state index >= 15 is 0 Å². The van der Waals surface area contributed by atoms with Crippen molar-refractivity contribution in [2.45, 2.75) is 6.92 Å². The van der Waals surface area contributed by atoms with Gasteiger partial charge in [-0.15, -0.1) is 0 Å². The smallest absolute Gasteiger partial charge is 0.258 e. The van der Waals surface area contributed by atoms with Gasteiger partial charge in [-0.3, -0.25) is 10.1 Å². The summed E-state index contributed by atoms with van der Waals surface area (Å²) in [5, 5.41) is 10.9. The van der Waals surface area contributed by atoms with Gasteiger partial charge in [-0.05, 0) is 13.0 Å². The van der Waals surface area contributed by atoms with Gasteiger partial charge in [-0.1, -0.05) is 42.5 Å². The first-order valence-corrected chi connectivity index (χ1v) is 6.79. The summed E-state index contributed by atoms with van der Waals surface area (Å²) in [4.78, 5) is 19.5. The lowest BCUT2D eigenvalue weighted by Crippen LogP contribution is -1.95. The Morgan fingerprint density at radius 2 is 1.64 bits per heavy atom. The van der Waals surface area contributed by atoms with E-state index < -0.39 is 4.92 Å². The Hall–Kier alpha value is -3.08. The first-order chi connectivity index (χ1) is 10.6. The van der Waals surface area contributed by atoms with Crippen molar-refractivity contribution in [3.63, 3.8) is 0 Å². The van der Waals surface area contributed by atoms with Gasteiger partial charge in [-0.2, -0.15) is 0 Å². The summed E-state index contributed by atoms with van der Waals surface area (Å²) >= 11 is 0. The van der Waals surface area contributed by atoms with E-state index in [9.17, 15) is 10.1 Å². The summed E-state index contributed by atoms with van der Waals surface area (Å²) in [6.45, 7) is 1.88. The van der Waals surface area contributed by atoms with Gasteiger partial charge in [0.05, 0.1) is 10.6 Å². The number of non-ortho nitro benzene ring substituents is 1. The molecule has 0 bridgehead atoms. The Kier molecular flexibility index (Phi) is 3.62. The first-order valence-electron chi connectivity index (χ1n) is 6.79. The van der Waals surface area contributed by atoms with Crippen LogP contribution in [0.4, 0.5) is 5.69 Å². The molecule has 5 heteroatoms. The molecule has 1 heterocycles. The third-order valence-electron chi connectivity index (χ3n) is 3.24. The average molecular weight is 291 g/mol. The molecule has 0 unspecified atom stereocenters. The molecule has 0 radical (unpaired) electrons. The second-order valence-corrected chi connectivity index (χ2v) is 4.89. The van der Waals surface area contributed by atoms with E-state index in [1.54, 1.807) is 6.07 Å². The molecule has 1 aromatic heterocycles. The molecule has 0 saturated carbocycles. The zero-order chi connectivity index (χ0) is 15.5. The van der Waals surface area contributed by atoms with Crippen molar-refractivity contribution in [2.75, 3.05) is 0 Å². The predicted octanol–water partition coefficient (Wildman–Crippen LogP) is 4.03. The number of hydrogen-bond donors (Lipinski definition) is 0. The van der Waals surface area contributed by atoms with Crippen molar-refractivity contribution >= 4 is 5.69 Å². The highest BCUT2D eigenvalue weighted by atomic mass is 16.6. The van der Waals surface area contributed by atoms with Crippen LogP contribution in [0.3, 0.4) is 0 Å². The van der Waals surface area contributed by atoms with Crippen LogP contribution in [0.25, 0.3) is 22.6 Å². The molecule has 5 nitrogen and oxygen atoms in total. The van der Waals surface area contributed by atoms with Gasteiger partial charge >= 0.3 is 0 Å². The third kappa shape index (κ3) is 2.83. The van der Waals surface area contributed by atoms with Crippen LogP contribution in [0.2, 0.25) is 0 Å². The largest absolute Gasteiger partial charge is 0.270 e. The Labute approximate surface area is 127 Å². The Balaban J connectivity index is 2.10. The monoisotopic (exact) mass is 291 g/mol. The highest BCUT2D eigenvalue weighted by molar-refractivity contribution is 5.66. The number of aryl methyl sites for hydroxylation is 1. The standard InChI is InChI=1S/C17H13N3O2/c1-12-10-16(14-8-5-9-15(11-14)20(21)22)19-17(18-12)13-6-3-2-4-7-13/h2-11H,1H3. The van der Waals surface area contributed by atoms with Crippen LogP contribution in [0.5, 0.6) is 0 Å². The van der Waals surface area contributed by atoms with Crippen molar-refractivity contribution in [2.24, 2.45) is 0 Å². The molecular weight excluding hydrogens is 278 g/mol. The summed E-state index contributed by atoms with van der Waals surface area (Å²) in [6, 6.07) is 17.9. The fraction of sp³-hybridized carbons (Fsp3) is 0.0588. The lowest BCUT2D eigenvalue weighted by Gasteiger charge is -2.06. The van der Waals surface area contributed by atoms with E-state index in [1.807, 2.05) is 49.4 Å². The van der Waals surface area contributed by atoms with Gasteiger partial charge in [0.15, 0.2) is 5.82 Å². The van der Waals surface area contributed by atoms with E-state index in [2.05, 4.69) is 9.97 Å². The maximum atomic E-state index is 10.9. The average Bonchev–Trinajstić information content (AvgIpc) is 2.55. The quantitative estimate of drug-likeness (QED) is 0.539. The fourth-order valence-electron chi connectivity index (χ4n) is 2.21. The van der Waals surface area contributed by atoms with Crippen LogP contribution >= 0.6 is 0 Å². The summed E-state index contributed by atoms with van der Waals surface area (Å²) < 4.78 is 0. The zero-order valence-electron chi connectivity index (χ0n) is 11.9. The lowest BCUT2D eigenvalue weighted by atomic mass is 10.1. The van der Waals surface area contributed by atoms with Crippen molar-refractivity contribution in [3.05, 3.63) is 76.5 Å². The third-order valence-corrected chi connectivity index (χ3v) is 3.24. The molecule has 22 heavy (non-hydrogen) atoms. The summed E-state index contributed by atoms with van der Waals surface area (Å²) in [6.07, 6.45) is 0. The lowest BCUT2D eigenvalue weighted by molar-refractivity contribution is -0.384. The van der Waals surface area contributed by atoms with Crippen LogP contribution < -0.4 is 0 Å².